The van der Waals surface area contributed by atoms with Gasteiger partial charge in [0.15, 0.2) is 0 Å². The molecule has 4 rings (SSSR count). The molecule has 1 amide bonds. The predicted molar refractivity (Wildman–Crippen MR) is 113 cm³/mol. The number of fused-ring (bicyclic) bond motifs is 3. The Morgan fingerprint density at radius 1 is 1.18 bits per heavy atom. The molecule has 28 heavy (non-hydrogen) atoms. The molecule has 1 fully saturated rings. The number of carbonyl (C=O) groups is 1. The molecule has 5 nitrogen and oxygen atoms in total. The van der Waals surface area contributed by atoms with E-state index in [-0.39, 0.29) is 17.9 Å². The van der Waals surface area contributed by atoms with Gasteiger partial charge in [-0.2, -0.15) is 0 Å². The Labute approximate surface area is 171 Å². The maximum Gasteiger partial charge on any atom is 0.225 e. The highest BCUT2D eigenvalue weighted by molar-refractivity contribution is 6.30. The van der Waals surface area contributed by atoms with Crippen molar-refractivity contribution >= 4 is 28.9 Å². The standard InChI is InChI=1S/C22H26ClN3O2/c1-28-13-10-24-22(27)19-14-16-4-2-3-5-20(16)26-12-11-25(15-21(19)26)18-8-6-17(23)7-9-18/h2-9,19,21H,10-15H2,1H3,(H,24,27)/t19-,21+/m1/s1. The van der Waals surface area contributed by atoms with Crippen molar-refractivity contribution in [2.75, 3.05) is 49.7 Å². The van der Waals surface area contributed by atoms with Crippen LogP contribution in [0, 0.1) is 5.92 Å². The number of piperazine rings is 1. The second kappa shape index (κ2) is 8.41. The highest BCUT2D eigenvalue weighted by atomic mass is 35.5. The number of ether oxygens (including phenoxy) is 1. The van der Waals surface area contributed by atoms with Crippen molar-refractivity contribution in [2.24, 2.45) is 5.92 Å². The van der Waals surface area contributed by atoms with Gasteiger partial charge in [0.2, 0.25) is 5.91 Å². The fourth-order valence-electron chi connectivity index (χ4n) is 4.35. The first-order valence-corrected chi connectivity index (χ1v) is 10.2. The molecule has 0 spiro atoms. The molecule has 0 saturated carbocycles. The van der Waals surface area contributed by atoms with Gasteiger partial charge < -0.3 is 19.9 Å². The van der Waals surface area contributed by atoms with Crippen LogP contribution in [0.5, 0.6) is 0 Å². The number of nitrogens with one attached hydrogen (secondary N) is 1. The lowest BCUT2D eigenvalue weighted by molar-refractivity contribution is -0.126. The van der Waals surface area contributed by atoms with Crippen molar-refractivity contribution in [2.45, 2.75) is 12.5 Å². The minimum Gasteiger partial charge on any atom is -0.383 e. The third-order valence-electron chi connectivity index (χ3n) is 5.76. The zero-order valence-corrected chi connectivity index (χ0v) is 16.9. The number of para-hydroxylation sites is 1. The van der Waals surface area contributed by atoms with Crippen LogP contribution in [0.15, 0.2) is 48.5 Å². The molecule has 0 radical (unpaired) electrons. The number of hydrogen-bond donors (Lipinski definition) is 1. The summed E-state index contributed by atoms with van der Waals surface area (Å²) in [6.07, 6.45) is 0.768. The van der Waals surface area contributed by atoms with Crippen LogP contribution in [0.25, 0.3) is 0 Å². The molecule has 2 atom stereocenters. The fourth-order valence-corrected chi connectivity index (χ4v) is 4.48. The molecule has 0 aliphatic carbocycles. The van der Waals surface area contributed by atoms with Crippen LogP contribution >= 0.6 is 11.6 Å². The Hall–Kier alpha value is -2.24. The Morgan fingerprint density at radius 3 is 2.75 bits per heavy atom. The minimum absolute atomic E-state index is 0.0816. The lowest BCUT2D eigenvalue weighted by Gasteiger charge is -2.49. The molecule has 1 N–H and O–H groups in total. The van der Waals surface area contributed by atoms with Gasteiger partial charge in [-0.3, -0.25) is 4.79 Å². The van der Waals surface area contributed by atoms with Gasteiger partial charge in [0.25, 0.3) is 0 Å². The zero-order valence-electron chi connectivity index (χ0n) is 16.1. The molecule has 0 bridgehead atoms. The van der Waals surface area contributed by atoms with Crippen LogP contribution in [-0.2, 0) is 16.0 Å². The predicted octanol–water partition coefficient (Wildman–Crippen LogP) is 2.97. The number of anilines is 2. The van der Waals surface area contributed by atoms with E-state index >= 15 is 0 Å². The first kappa shape index (κ1) is 19.1. The van der Waals surface area contributed by atoms with Crippen molar-refractivity contribution in [1.29, 1.82) is 0 Å². The molecule has 148 valence electrons. The Morgan fingerprint density at radius 2 is 1.96 bits per heavy atom. The number of halogens is 1. The monoisotopic (exact) mass is 399 g/mol. The summed E-state index contributed by atoms with van der Waals surface area (Å²) in [6.45, 7) is 3.70. The largest absolute Gasteiger partial charge is 0.383 e. The molecule has 2 aliphatic heterocycles. The Balaban J connectivity index is 1.59. The molecule has 1 saturated heterocycles. The first-order chi connectivity index (χ1) is 13.7. The van der Waals surface area contributed by atoms with Gasteiger partial charge in [0.05, 0.1) is 18.6 Å². The number of amides is 1. The van der Waals surface area contributed by atoms with Crippen LogP contribution in [0.2, 0.25) is 5.02 Å². The van der Waals surface area contributed by atoms with Crippen LogP contribution in [0.1, 0.15) is 5.56 Å². The summed E-state index contributed by atoms with van der Waals surface area (Å²) < 4.78 is 5.08. The van der Waals surface area contributed by atoms with Gasteiger partial charge in [-0.15, -0.1) is 0 Å². The van der Waals surface area contributed by atoms with Crippen molar-refractivity contribution in [3.05, 3.63) is 59.1 Å². The van der Waals surface area contributed by atoms with E-state index in [2.05, 4.69) is 51.5 Å². The fraction of sp³-hybridized carbons (Fsp3) is 0.409. The summed E-state index contributed by atoms with van der Waals surface area (Å²) in [4.78, 5) is 17.8. The van der Waals surface area contributed by atoms with Crippen molar-refractivity contribution < 1.29 is 9.53 Å². The number of hydrogen-bond acceptors (Lipinski definition) is 4. The molecular formula is C22H26ClN3O2. The number of rotatable bonds is 5. The summed E-state index contributed by atoms with van der Waals surface area (Å²) >= 11 is 6.05. The number of methoxy groups -OCH3 is 1. The molecule has 2 aromatic rings. The molecule has 0 aromatic heterocycles. The zero-order chi connectivity index (χ0) is 19.5. The van der Waals surface area contributed by atoms with Crippen LogP contribution in [0.4, 0.5) is 11.4 Å². The number of benzene rings is 2. The maximum atomic E-state index is 13.0. The normalized spacial score (nSPS) is 21.1. The van der Waals surface area contributed by atoms with E-state index in [1.165, 1.54) is 11.3 Å². The summed E-state index contributed by atoms with van der Waals surface area (Å²) in [6, 6.07) is 16.6. The third kappa shape index (κ3) is 3.82. The van der Waals surface area contributed by atoms with Gasteiger partial charge in [-0.25, -0.2) is 0 Å². The van der Waals surface area contributed by atoms with Crippen LogP contribution in [-0.4, -0.2) is 51.8 Å². The van der Waals surface area contributed by atoms with Crippen molar-refractivity contribution in [1.82, 2.24) is 5.32 Å². The molecule has 6 heteroatoms. The van der Waals surface area contributed by atoms with E-state index in [1.54, 1.807) is 7.11 Å². The van der Waals surface area contributed by atoms with Gasteiger partial charge in [0, 0.05) is 49.7 Å². The molecule has 2 aromatic carbocycles. The average molecular weight is 400 g/mol. The topological polar surface area (TPSA) is 44.8 Å². The van der Waals surface area contributed by atoms with Crippen molar-refractivity contribution in [3.63, 3.8) is 0 Å². The van der Waals surface area contributed by atoms with E-state index in [9.17, 15) is 4.79 Å². The molecular weight excluding hydrogens is 374 g/mol. The van der Waals surface area contributed by atoms with Gasteiger partial charge in [-0.05, 0) is 42.3 Å². The molecule has 2 aliphatic rings. The van der Waals surface area contributed by atoms with E-state index in [0.717, 1.165) is 36.8 Å². The van der Waals surface area contributed by atoms with E-state index in [4.69, 9.17) is 16.3 Å². The molecule has 0 unspecified atom stereocenters. The summed E-state index contributed by atoms with van der Waals surface area (Å²) in [5.41, 5.74) is 3.68. The highest BCUT2D eigenvalue weighted by Gasteiger charge is 2.41. The smallest absolute Gasteiger partial charge is 0.225 e. The van der Waals surface area contributed by atoms with Crippen LogP contribution < -0.4 is 15.1 Å². The van der Waals surface area contributed by atoms with Crippen LogP contribution in [0.3, 0.4) is 0 Å². The highest BCUT2D eigenvalue weighted by Crippen LogP contribution is 2.37. The van der Waals surface area contributed by atoms with E-state index in [1.807, 2.05) is 12.1 Å². The number of carbonyl (C=O) groups excluding carboxylic acids is 1. The lowest BCUT2D eigenvalue weighted by Crippen LogP contribution is -2.61. The maximum absolute atomic E-state index is 13.0. The lowest BCUT2D eigenvalue weighted by atomic mass is 9.83. The number of nitrogens with zero attached hydrogens (tertiary/aromatic N) is 2. The SMILES string of the molecule is COCCNC(=O)[C@@H]1Cc2ccccc2N2CCN(c3ccc(Cl)cc3)C[C@@H]12. The Bertz CT molecular complexity index is 827. The third-order valence-corrected chi connectivity index (χ3v) is 6.01. The molecule has 2 heterocycles. The van der Waals surface area contributed by atoms with Gasteiger partial charge in [-0.1, -0.05) is 29.8 Å². The van der Waals surface area contributed by atoms with Gasteiger partial charge >= 0.3 is 0 Å². The minimum atomic E-state index is -0.0816. The summed E-state index contributed by atoms with van der Waals surface area (Å²) in [7, 11) is 1.65. The van der Waals surface area contributed by atoms with E-state index in [0.29, 0.717) is 13.2 Å². The van der Waals surface area contributed by atoms with Crippen molar-refractivity contribution in [3.8, 4) is 0 Å². The van der Waals surface area contributed by atoms with Gasteiger partial charge in [0.1, 0.15) is 0 Å². The summed E-state index contributed by atoms with van der Waals surface area (Å²) in [5, 5.41) is 3.79. The Kier molecular flexibility index (Phi) is 5.74. The van der Waals surface area contributed by atoms with E-state index < -0.39 is 0 Å². The first-order valence-electron chi connectivity index (χ1n) is 9.79. The second-order valence-electron chi connectivity index (χ2n) is 7.41. The average Bonchev–Trinajstić information content (AvgIpc) is 2.73. The summed E-state index contributed by atoms with van der Waals surface area (Å²) in [5.74, 6) is 0.0290. The second-order valence-corrected chi connectivity index (χ2v) is 7.84. The quantitative estimate of drug-likeness (QED) is 0.785.